The SMILES string of the molecule is CCCCCCCCCCCCC(=O)OC[C@H](COP(=O)(O)OC[C@H](O)COP(=O)(O)OC[C@@H](COC(=O)CCCCCCCCCCCCC(C)C)OC(=O)CCCCCCCCCCCCCCCCCCCCC(C)CC)OC(=O)CCCCCCCCCCC(C)C. The Balaban J connectivity index is 5.18. The minimum absolute atomic E-state index is 0.104. The molecule has 3 N–H and O–H groups in total. The van der Waals surface area contributed by atoms with Gasteiger partial charge in [0.25, 0.3) is 0 Å². The first kappa shape index (κ1) is 94.1. The Hall–Kier alpha value is -1.94. The number of aliphatic hydroxyl groups excluding tert-OH is 1. The molecule has 0 saturated carbocycles. The molecule has 6 atom stereocenters. The molecule has 0 heterocycles. The second kappa shape index (κ2) is 67.5. The molecule has 0 aliphatic rings. The zero-order valence-corrected chi connectivity index (χ0v) is 64.6. The van der Waals surface area contributed by atoms with Gasteiger partial charge in [-0.2, -0.15) is 0 Å². The molecule has 0 amide bonds. The van der Waals surface area contributed by atoms with Crippen LogP contribution in [0.1, 0.15) is 395 Å². The van der Waals surface area contributed by atoms with Gasteiger partial charge in [0.05, 0.1) is 26.4 Å². The molecule has 19 heteroatoms. The minimum atomic E-state index is -4.96. The molecule has 0 aliphatic heterocycles. The molecular weight excluding hydrogens is 1260 g/mol. The lowest BCUT2D eigenvalue weighted by Crippen LogP contribution is -2.30. The quantitative estimate of drug-likeness (QED) is 0.0222. The molecule has 0 aromatic carbocycles. The largest absolute Gasteiger partial charge is 0.472 e. The summed E-state index contributed by atoms with van der Waals surface area (Å²) < 4.78 is 68.5. The molecule has 17 nitrogen and oxygen atoms in total. The molecule has 3 unspecified atom stereocenters. The first-order chi connectivity index (χ1) is 46.3. The summed E-state index contributed by atoms with van der Waals surface area (Å²) in [6.07, 6.45) is 54.2. The van der Waals surface area contributed by atoms with Crippen LogP contribution in [-0.4, -0.2) is 96.7 Å². The Labute approximate surface area is 588 Å². The van der Waals surface area contributed by atoms with Crippen molar-refractivity contribution >= 4 is 39.5 Å². The van der Waals surface area contributed by atoms with E-state index in [1.165, 1.54) is 205 Å². The Kier molecular flexibility index (Phi) is 66.2. The lowest BCUT2D eigenvalue weighted by atomic mass is 9.99. The number of phosphoric acid groups is 2. The van der Waals surface area contributed by atoms with E-state index in [9.17, 15) is 43.2 Å². The summed E-state index contributed by atoms with van der Waals surface area (Å²) in [4.78, 5) is 72.8. The van der Waals surface area contributed by atoms with Gasteiger partial charge in [0.1, 0.15) is 19.3 Å². The lowest BCUT2D eigenvalue weighted by Gasteiger charge is -2.21. The van der Waals surface area contributed by atoms with Crippen LogP contribution in [0.3, 0.4) is 0 Å². The summed E-state index contributed by atoms with van der Waals surface area (Å²) in [5.41, 5.74) is 0. The summed E-state index contributed by atoms with van der Waals surface area (Å²) in [6, 6.07) is 0. The molecule has 0 aromatic rings. The second-order valence-corrected chi connectivity index (χ2v) is 31.8. The van der Waals surface area contributed by atoms with Crippen LogP contribution < -0.4 is 0 Å². The minimum Gasteiger partial charge on any atom is -0.462 e. The van der Waals surface area contributed by atoms with E-state index in [4.69, 9.17) is 37.0 Å². The number of carbonyl (C=O) groups is 4. The van der Waals surface area contributed by atoms with Gasteiger partial charge in [-0.05, 0) is 43.4 Å². The Morgan fingerprint density at radius 2 is 0.531 bits per heavy atom. The number of ether oxygens (including phenoxy) is 4. The molecule has 0 bridgehead atoms. The van der Waals surface area contributed by atoms with E-state index in [0.29, 0.717) is 25.7 Å². The summed E-state index contributed by atoms with van der Waals surface area (Å²) in [7, 11) is -9.91. The van der Waals surface area contributed by atoms with Gasteiger partial charge in [-0.25, -0.2) is 9.13 Å². The van der Waals surface area contributed by atoms with Crippen LogP contribution in [-0.2, 0) is 65.4 Å². The molecule has 0 rings (SSSR count). The standard InChI is InChI=1S/C77H150O17P2/c1-8-10-11-12-13-14-29-37-44-51-58-74(79)87-65-73(94-77(82)61-54-47-40-33-32-35-42-49-56-69(5)6)67-92-96(85,86)90-63-71(78)62-89-95(83,84)91-66-72(64-88-75(80)59-52-45-38-30-26-25-27-34-41-48-55-68(3)4)93-76(81)60-53-46-39-31-24-22-20-18-16-15-17-19-21-23-28-36-43-50-57-70(7)9-2/h68-73,78H,8-67H2,1-7H3,(H,83,84)(H,85,86)/t70?,71-,72-,73-/m1/s1. The van der Waals surface area contributed by atoms with Gasteiger partial charge in [0, 0.05) is 25.7 Å². The van der Waals surface area contributed by atoms with E-state index in [-0.39, 0.29) is 25.7 Å². The number of phosphoric ester groups is 2. The van der Waals surface area contributed by atoms with E-state index in [0.717, 1.165) is 108 Å². The van der Waals surface area contributed by atoms with Gasteiger partial charge in [-0.15, -0.1) is 0 Å². The van der Waals surface area contributed by atoms with Gasteiger partial charge in [0.2, 0.25) is 0 Å². The fraction of sp³-hybridized carbons (Fsp3) is 0.948. The van der Waals surface area contributed by atoms with Crippen molar-refractivity contribution in [1.82, 2.24) is 0 Å². The van der Waals surface area contributed by atoms with Gasteiger partial charge < -0.3 is 33.8 Å². The smallest absolute Gasteiger partial charge is 0.462 e. The fourth-order valence-electron chi connectivity index (χ4n) is 11.7. The van der Waals surface area contributed by atoms with Crippen LogP contribution in [0, 0.1) is 17.8 Å². The van der Waals surface area contributed by atoms with E-state index in [1.807, 2.05) is 0 Å². The number of unbranched alkanes of at least 4 members (excludes halogenated alkanes) is 42. The van der Waals surface area contributed by atoms with Gasteiger partial charge >= 0.3 is 39.5 Å². The zero-order valence-electron chi connectivity index (χ0n) is 62.8. The van der Waals surface area contributed by atoms with Crippen LogP contribution in [0.5, 0.6) is 0 Å². The molecule has 0 aliphatic carbocycles. The van der Waals surface area contributed by atoms with Crippen molar-refractivity contribution in [3.63, 3.8) is 0 Å². The Bertz CT molecular complexity index is 1870. The zero-order chi connectivity index (χ0) is 70.9. The second-order valence-electron chi connectivity index (χ2n) is 28.9. The molecule has 0 aromatic heterocycles. The van der Waals surface area contributed by atoms with Gasteiger partial charge in [0.15, 0.2) is 12.2 Å². The van der Waals surface area contributed by atoms with Crippen LogP contribution in [0.25, 0.3) is 0 Å². The molecule has 0 fully saturated rings. The van der Waals surface area contributed by atoms with E-state index in [2.05, 4.69) is 48.5 Å². The third kappa shape index (κ3) is 69.2. The molecule has 0 spiro atoms. The maximum absolute atomic E-state index is 13.1. The molecule has 96 heavy (non-hydrogen) atoms. The van der Waals surface area contributed by atoms with Crippen LogP contribution in [0.2, 0.25) is 0 Å². The van der Waals surface area contributed by atoms with Crippen molar-refractivity contribution in [2.45, 2.75) is 414 Å². The molecule has 570 valence electrons. The van der Waals surface area contributed by atoms with E-state index in [1.54, 1.807) is 0 Å². The monoisotopic (exact) mass is 1410 g/mol. The van der Waals surface area contributed by atoms with E-state index < -0.39 is 97.5 Å². The first-order valence-electron chi connectivity index (χ1n) is 39.9. The maximum atomic E-state index is 13.1. The summed E-state index contributed by atoms with van der Waals surface area (Å²) in [6.45, 7) is 11.9. The summed E-state index contributed by atoms with van der Waals surface area (Å²) in [5.74, 6) is 0.229. The number of rotatable bonds is 75. The van der Waals surface area contributed by atoms with Crippen molar-refractivity contribution in [3.8, 4) is 0 Å². The lowest BCUT2D eigenvalue weighted by molar-refractivity contribution is -0.161. The normalized spacial score (nSPS) is 14.3. The predicted molar refractivity (Wildman–Crippen MR) is 391 cm³/mol. The van der Waals surface area contributed by atoms with Crippen molar-refractivity contribution < 1.29 is 80.2 Å². The number of esters is 4. The van der Waals surface area contributed by atoms with Crippen LogP contribution in [0.15, 0.2) is 0 Å². The number of hydrogen-bond acceptors (Lipinski definition) is 15. The van der Waals surface area contributed by atoms with Gasteiger partial charge in [-0.1, -0.05) is 344 Å². The van der Waals surface area contributed by atoms with Crippen LogP contribution in [0.4, 0.5) is 0 Å². The average molecular weight is 1410 g/mol. The van der Waals surface area contributed by atoms with Crippen LogP contribution >= 0.6 is 15.6 Å². The van der Waals surface area contributed by atoms with Crippen molar-refractivity contribution in [2.24, 2.45) is 17.8 Å². The Morgan fingerprint density at radius 1 is 0.302 bits per heavy atom. The average Bonchev–Trinajstić information content (AvgIpc) is 1.10. The fourth-order valence-corrected chi connectivity index (χ4v) is 13.3. The number of aliphatic hydroxyl groups is 1. The highest BCUT2D eigenvalue weighted by Gasteiger charge is 2.30. The topological polar surface area (TPSA) is 237 Å². The van der Waals surface area contributed by atoms with Crippen molar-refractivity contribution in [3.05, 3.63) is 0 Å². The Morgan fingerprint density at radius 3 is 0.792 bits per heavy atom. The van der Waals surface area contributed by atoms with Gasteiger partial charge in [-0.3, -0.25) is 37.3 Å². The van der Waals surface area contributed by atoms with Crippen molar-refractivity contribution in [1.29, 1.82) is 0 Å². The third-order valence-corrected chi connectivity index (χ3v) is 20.1. The van der Waals surface area contributed by atoms with Crippen molar-refractivity contribution in [2.75, 3.05) is 39.6 Å². The van der Waals surface area contributed by atoms with E-state index >= 15 is 0 Å². The highest BCUT2D eigenvalue weighted by Crippen LogP contribution is 2.45. The summed E-state index contributed by atoms with van der Waals surface area (Å²) >= 11 is 0. The first-order valence-corrected chi connectivity index (χ1v) is 42.9. The number of hydrogen-bond donors (Lipinski definition) is 3. The highest BCUT2D eigenvalue weighted by molar-refractivity contribution is 7.47. The summed E-state index contributed by atoms with van der Waals surface area (Å²) in [5, 5.41) is 10.6. The predicted octanol–water partition coefficient (Wildman–Crippen LogP) is 22.6. The molecule has 0 radical (unpaired) electrons. The number of carbonyl (C=O) groups excluding carboxylic acids is 4. The molecular formula is C77H150O17P2. The molecule has 0 saturated heterocycles. The highest BCUT2D eigenvalue weighted by atomic mass is 31.2. The third-order valence-electron chi connectivity index (χ3n) is 18.2. The maximum Gasteiger partial charge on any atom is 0.472 e.